The van der Waals surface area contributed by atoms with E-state index in [1.165, 1.54) is 18.1 Å². The quantitative estimate of drug-likeness (QED) is 0.516. The highest BCUT2D eigenvalue weighted by Crippen LogP contribution is 2.22. The lowest BCUT2D eigenvalue weighted by Gasteiger charge is -2.13. The standard InChI is InChI=1S/C14H25F/c1-6-8-12(4)14(10-13(5)15)9-11(3)7-2/h10-11H,6-9H2,1-5H3/b13-10+,14-12-. The molecule has 1 unspecified atom stereocenters. The zero-order valence-electron chi connectivity index (χ0n) is 10.9. The first-order chi connectivity index (χ1) is 7.01. The molecule has 0 aliphatic heterocycles. The molecule has 0 N–H and O–H groups in total. The summed E-state index contributed by atoms with van der Waals surface area (Å²) in [5.74, 6) is 0.561. The summed E-state index contributed by atoms with van der Waals surface area (Å²) >= 11 is 0. The maximum Gasteiger partial charge on any atom is 0.0971 e. The predicted octanol–water partition coefficient (Wildman–Crippen LogP) is 5.41. The molecule has 0 saturated carbocycles. The van der Waals surface area contributed by atoms with E-state index in [1.807, 2.05) is 0 Å². The minimum atomic E-state index is -0.0799. The third-order valence-corrected chi connectivity index (χ3v) is 2.81. The van der Waals surface area contributed by atoms with Crippen molar-refractivity contribution in [1.29, 1.82) is 0 Å². The van der Waals surface area contributed by atoms with Crippen LogP contribution >= 0.6 is 0 Å². The summed E-state index contributed by atoms with van der Waals surface area (Å²) in [4.78, 5) is 0. The Labute approximate surface area is 94.3 Å². The lowest BCUT2D eigenvalue weighted by molar-refractivity contribution is 0.555. The van der Waals surface area contributed by atoms with E-state index in [1.54, 1.807) is 6.08 Å². The van der Waals surface area contributed by atoms with Gasteiger partial charge in [-0.3, -0.25) is 0 Å². The molecule has 0 aromatic rings. The van der Waals surface area contributed by atoms with Crippen molar-refractivity contribution in [2.75, 3.05) is 0 Å². The number of allylic oxidation sites excluding steroid dienone is 4. The van der Waals surface area contributed by atoms with E-state index in [0.29, 0.717) is 5.92 Å². The largest absolute Gasteiger partial charge is 0.212 e. The Hall–Kier alpha value is -0.590. The summed E-state index contributed by atoms with van der Waals surface area (Å²) in [6.45, 7) is 10.2. The first-order valence-corrected chi connectivity index (χ1v) is 6.03. The number of rotatable bonds is 6. The Morgan fingerprint density at radius 2 is 1.87 bits per heavy atom. The van der Waals surface area contributed by atoms with Crippen LogP contribution in [0.5, 0.6) is 0 Å². The van der Waals surface area contributed by atoms with Crippen molar-refractivity contribution >= 4 is 0 Å². The van der Waals surface area contributed by atoms with Crippen LogP contribution in [0.2, 0.25) is 0 Å². The van der Waals surface area contributed by atoms with Gasteiger partial charge in [0.1, 0.15) is 0 Å². The second-order valence-electron chi connectivity index (χ2n) is 4.50. The van der Waals surface area contributed by atoms with E-state index in [2.05, 4.69) is 27.7 Å². The molecule has 0 radical (unpaired) electrons. The van der Waals surface area contributed by atoms with E-state index in [4.69, 9.17) is 0 Å². The summed E-state index contributed by atoms with van der Waals surface area (Å²) < 4.78 is 12.9. The fourth-order valence-corrected chi connectivity index (χ4v) is 1.65. The van der Waals surface area contributed by atoms with Gasteiger partial charge >= 0.3 is 0 Å². The third-order valence-electron chi connectivity index (χ3n) is 2.81. The summed E-state index contributed by atoms with van der Waals surface area (Å²) in [5, 5.41) is 0. The van der Waals surface area contributed by atoms with Crippen molar-refractivity contribution in [3.05, 3.63) is 23.0 Å². The SMILES string of the molecule is CCC/C(C)=C(\C=C(/C)F)CC(C)CC. The second kappa shape index (κ2) is 7.67. The van der Waals surface area contributed by atoms with Crippen molar-refractivity contribution in [2.24, 2.45) is 5.92 Å². The summed E-state index contributed by atoms with van der Waals surface area (Å²) in [6.07, 6.45) is 6.08. The van der Waals surface area contributed by atoms with Crippen molar-refractivity contribution in [3.63, 3.8) is 0 Å². The van der Waals surface area contributed by atoms with E-state index < -0.39 is 0 Å². The van der Waals surface area contributed by atoms with Crippen LogP contribution in [0.25, 0.3) is 0 Å². The van der Waals surface area contributed by atoms with Crippen LogP contribution in [0.3, 0.4) is 0 Å². The summed E-state index contributed by atoms with van der Waals surface area (Å²) in [5.41, 5.74) is 2.54. The highest BCUT2D eigenvalue weighted by Gasteiger charge is 2.05. The minimum Gasteiger partial charge on any atom is -0.212 e. The van der Waals surface area contributed by atoms with Gasteiger partial charge in [-0.25, -0.2) is 4.39 Å². The normalized spacial score (nSPS) is 16.3. The van der Waals surface area contributed by atoms with Gasteiger partial charge in [-0.05, 0) is 44.3 Å². The second-order valence-corrected chi connectivity index (χ2v) is 4.50. The van der Waals surface area contributed by atoms with Gasteiger partial charge in [0.15, 0.2) is 0 Å². The molecule has 0 aliphatic carbocycles. The van der Waals surface area contributed by atoms with Gasteiger partial charge in [0.2, 0.25) is 0 Å². The summed E-state index contributed by atoms with van der Waals surface area (Å²) in [7, 11) is 0. The molecule has 0 spiro atoms. The first-order valence-electron chi connectivity index (χ1n) is 6.03. The topological polar surface area (TPSA) is 0 Å². The van der Waals surface area contributed by atoms with Gasteiger partial charge in [0.25, 0.3) is 0 Å². The lowest BCUT2D eigenvalue weighted by Crippen LogP contribution is -1.96. The number of hydrogen-bond acceptors (Lipinski definition) is 0. The van der Waals surface area contributed by atoms with E-state index >= 15 is 0 Å². The van der Waals surface area contributed by atoms with Gasteiger partial charge in [-0.1, -0.05) is 39.2 Å². The first kappa shape index (κ1) is 14.4. The Balaban J connectivity index is 4.72. The molecule has 15 heavy (non-hydrogen) atoms. The monoisotopic (exact) mass is 212 g/mol. The maximum atomic E-state index is 12.9. The summed E-state index contributed by atoms with van der Waals surface area (Å²) in [6, 6.07) is 0. The number of halogens is 1. The van der Waals surface area contributed by atoms with Crippen LogP contribution in [0.4, 0.5) is 4.39 Å². The van der Waals surface area contributed by atoms with Gasteiger partial charge in [-0.2, -0.15) is 0 Å². The molecule has 0 aromatic heterocycles. The van der Waals surface area contributed by atoms with Crippen LogP contribution in [0.1, 0.15) is 60.3 Å². The fraction of sp³-hybridized carbons (Fsp3) is 0.714. The molecule has 1 atom stereocenters. The van der Waals surface area contributed by atoms with Crippen LogP contribution in [-0.2, 0) is 0 Å². The maximum absolute atomic E-state index is 12.9. The zero-order chi connectivity index (χ0) is 11.8. The fourth-order valence-electron chi connectivity index (χ4n) is 1.65. The zero-order valence-corrected chi connectivity index (χ0v) is 10.9. The molecule has 0 fully saturated rings. The van der Waals surface area contributed by atoms with Crippen LogP contribution in [0, 0.1) is 5.92 Å². The highest BCUT2D eigenvalue weighted by molar-refractivity contribution is 5.26. The molecule has 1 heteroatoms. The van der Waals surface area contributed by atoms with Gasteiger partial charge < -0.3 is 0 Å². The number of hydrogen-bond donors (Lipinski definition) is 0. The Morgan fingerprint density at radius 3 is 2.27 bits per heavy atom. The molecule has 0 aromatic carbocycles. The van der Waals surface area contributed by atoms with Crippen LogP contribution < -0.4 is 0 Å². The molecule has 0 heterocycles. The smallest absolute Gasteiger partial charge is 0.0971 e. The van der Waals surface area contributed by atoms with Gasteiger partial charge in [-0.15, -0.1) is 0 Å². The van der Waals surface area contributed by atoms with E-state index in [-0.39, 0.29) is 5.83 Å². The molecule has 0 amide bonds. The Kier molecular flexibility index (Phi) is 7.37. The third kappa shape index (κ3) is 6.48. The van der Waals surface area contributed by atoms with E-state index in [0.717, 1.165) is 25.7 Å². The van der Waals surface area contributed by atoms with E-state index in [9.17, 15) is 4.39 Å². The van der Waals surface area contributed by atoms with Crippen molar-refractivity contribution in [2.45, 2.75) is 60.3 Å². The van der Waals surface area contributed by atoms with Crippen LogP contribution in [0.15, 0.2) is 23.0 Å². The van der Waals surface area contributed by atoms with Gasteiger partial charge in [0.05, 0.1) is 5.83 Å². The van der Waals surface area contributed by atoms with Gasteiger partial charge in [0, 0.05) is 0 Å². The minimum absolute atomic E-state index is 0.0799. The molecule has 0 rings (SSSR count). The molecule has 0 bridgehead atoms. The predicted molar refractivity (Wildman–Crippen MR) is 66.5 cm³/mol. The Morgan fingerprint density at radius 1 is 1.27 bits per heavy atom. The molecular weight excluding hydrogens is 187 g/mol. The molecule has 88 valence electrons. The lowest BCUT2D eigenvalue weighted by atomic mass is 9.93. The van der Waals surface area contributed by atoms with Crippen molar-refractivity contribution in [3.8, 4) is 0 Å². The Bertz CT molecular complexity index is 232. The average Bonchev–Trinajstić information content (AvgIpc) is 2.16. The molecule has 0 saturated heterocycles. The molecule has 0 aliphatic rings. The average molecular weight is 212 g/mol. The molecule has 0 nitrogen and oxygen atoms in total. The molecular formula is C14H25F. The highest BCUT2D eigenvalue weighted by atomic mass is 19.1. The van der Waals surface area contributed by atoms with Crippen molar-refractivity contribution in [1.82, 2.24) is 0 Å². The van der Waals surface area contributed by atoms with Crippen molar-refractivity contribution < 1.29 is 4.39 Å². The van der Waals surface area contributed by atoms with Crippen LogP contribution in [-0.4, -0.2) is 0 Å².